The van der Waals surface area contributed by atoms with Gasteiger partial charge in [0.25, 0.3) is 0 Å². The molecule has 0 heterocycles. The Morgan fingerprint density at radius 1 is 1.44 bits per heavy atom. The van der Waals surface area contributed by atoms with Gasteiger partial charge in [0.1, 0.15) is 0 Å². The minimum Gasteiger partial charge on any atom is -0.378 e. The summed E-state index contributed by atoms with van der Waals surface area (Å²) in [4.78, 5) is 0. The van der Waals surface area contributed by atoms with Gasteiger partial charge in [-0.15, -0.1) is 0 Å². The van der Waals surface area contributed by atoms with Crippen molar-refractivity contribution in [2.24, 2.45) is 0 Å². The highest BCUT2D eigenvalue weighted by molar-refractivity contribution is 9.10. The van der Waals surface area contributed by atoms with Crippen molar-refractivity contribution < 1.29 is 4.74 Å². The van der Waals surface area contributed by atoms with E-state index in [9.17, 15) is 0 Å². The predicted molar refractivity (Wildman–Crippen MR) is 78.9 cm³/mol. The first-order chi connectivity index (χ1) is 8.67. The lowest BCUT2D eigenvalue weighted by Crippen LogP contribution is -2.45. The number of ether oxygens (including phenoxy) is 1. The zero-order valence-corrected chi connectivity index (χ0v) is 12.8. The van der Waals surface area contributed by atoms with Crippen molar-refractivity contribution in [1.82, 2.24) is 5.32 Å². The van der Waals surface area contributed by atoms with Gasteiger partial charge >= 0.3 is 0 Å². The number of benzene rings is 1. The first kappa shape index (κ1) is 14.0. The Bertz CT molecular complexity index is 384. The van der Waals surface area contributed by atoms with Gasteiger partial charge in [0.05, 0.1) is 5.60 Å². The van der Waals surface area contributed by atoms with Crippen LogP contribution >= 0.6 is 15.9 Å². The van der Waals surface area contributed by atoms with Crippen LogP contribution in [0.4, 0.5) is 0 Å². The van der Waals surface area contributed by atoms with Gasteiger partial charge in [-0.2, -0.15) is 0 Å². The minimum atomic E-state index is 0.139. The van der Waals surface area contributed by atoms with Crippen molar-refractivity contribution in [2.45, 2.75) is 43.7 Å². The molecule has 0 saturated heterocycles. The summed E-state index contributed by atoms with van der Waals surface area (Å²) in [6, 6.07) is 9.04. The normalized spacial score (nSPS) is 19.3. The number of hydrogen-bond acceptors (Lipinski definition) is 2. The smallest absolute Gasteiger partial charge is 0.0693 e. The number of rotatable bonds is 6. The van der Waals surface area contributed by atoms with Crippen LogP contribution in [0.1, 0.15) is 31.2 Å². The Balaban J connectivity index is 1.97. The SMILES string of the molecule is CNC(Cc1cccc(Br)c1)CC1(OC)CCC1. The Kier molecular flexibility index (Phi) is 4.82. The van der Waals surface area contributed by atoms with Crippen molar-refractivity contribution in [1.29, 1.82) is 0 Å². The predicted octanol–water partition coefficient (Wildman–Crippen LogP) is 3.54. The standard InChI is InChI=1S/C15H22BrNO/c1-17-14(11-15(18-2)7-4-8-15)10-12-5-3-6-13(16)9-12/h3,5-6,9,14,17H,4,7-8,10-11H2,1-2H3. The summed E-state index contributed by atoms with van der Waals surface area (Å²) in [6.07, 6.45) is 5.88. The van der Waals surface area contributed by atoms with Crippen molar-refractivity contribution in [3.8, 4) is 0 Å². The van der Waals surface area contributed by atoms with E-state index < -0.39 is 0 Å². The molecule has 0 aliphatic heterocycles. The van der Waals surface area contributed by atoms with Crippen LogP contribution < -0.4 is 5.32 Å². The first-order valence-corrected chi connectivity index (χ1v) is 7.44. The van der Waals surface area contributed by atoms with Gasteiger partial charge in [-0.3, -0.25) is 0 Å². The molecule has 1 aromatic rings. The van der Waals surface area contributed by atoms with Gasteiger partial charge in [-0.1, -0.05) is 28.1 Å². The summed E-state index contributed by atoms with van der Waals surface area (Å²) in [6.45, 7) is 0. The molecule has 100 valence electrons. The quantitative estimate of drug-likeness (QED) is 0.867. The van der Waals surface area contributed by atoms with Gasteiger partial charge in [0, 0.05) is 17.6 Å². The molecule has 0 spiro atoms. The van der Waals surface area contributed by atoms with Crippen LogP contribution in [-0.4, -0.2) is 25.8 Å². The molecule has 0 radical (unpaired) electrons. The Morgan fingerprint density at radius 3 is 2.72 bits per heavy atom. The Morgan fingerprint density at radius 2 is 2.22 bits per heavy atom. The summed E-state index contributed by atoms with van der Waals surface area (Å²) in [7, 11) is 3.90. The number of likely N-dealkylation sites (N-methyl/N-ethyl adjacent to an activating group) is 1. The van der Waals surface area contributed by atoms with Crippen LogP contribution in [0.5, 0.6) is 0 Å². The molecular formula is C15H22BrNO. The molecule has 0 amide bonds. The summed E-state index contributed by atoms with van der Waals surface area (Å²) in [5, 5.41) is 3.43. The molecule has 2 rings (SSSR count). The van der Waals surface area contributed by atoms with Crippen LogP contribution in [0.3, 0.4) is 0 Å². The second-order valence-corrected chi connectivity index (χ2v) is 6.18. The van der Waals surface area contributed by atoms with Gasteiger partial charge in [-0.05, 0) is 56.8 Å². The number of hydrogen-bond donors (Lipinski definition) is 1. The van der Waals surface area contributed by atoms with E-state index in [1.165, 1.54) is 24.8 Å². The summed E-state index contributed by atoms with van der Waals surface area (Å²) in [5.41, 5.74) is 1.51. The molecule has 0 bridgehead atoms. The zero-order chi connectivity index (χ0) is 13.0. The van der Waals surface area contributed by atoms with E-state index in [2.05, 4.69) is 45.5 Å². The molecule has 0 aromatic heterocycles. The second-order valence-electron chi connectivity index (χ2n) is 5.26. The fraction of sp³-hybridized carbons (Fsp3) is 0.600. The molecule has 2 nitrogen and oxygen atoms in total. The highest BCUT2D eigenvalue weighted by atomic mass is 79.9. The summed E-state index contributed by atoms with van der Waals surface area (Å²) < 4.78 is 6.87. The van der Waals surface area contributed by atoms with Crippen LogP contribution in [0.2, 0.25) is 0 Å². The molecule has 18 heavy (non-hydrogen) atoms. The van der Waals surface area contributed by atoms with Crippen LogP contribution in [0, 0.1) is 0 Å². The van der Waals surface area contributed by atoms with Gasteiger partial charge in [0.2, 0.25) is 0 Å². The summed E-state index contributed by atoms with van der Waals surface area (Å²) in [5.74, 6) is 0. The lowest BCUT2D eigenvalue weighted by Gasteiger charge is -2.42. The molecule has 1 N–H and O–H groups in total. The van der Waals surface area contributed by atoms with E-state index in [1.807, 2.05) is 14.2 Å². The Hall–Kier alpha value is -0.380. The number of methoxy groups -OCH3 is 1. The van der Waals surface area contributed by atoms with Gasteiger partial charge in [0.15, 0.2) is 0 Å². The third-order valence-electron chi connectivity index (χ3n) is 4.10. The highest BCUT2D eigenvalue weighted by Gasteiger charge is 2.38. The van der Waals surface area contributed by atoms with Gasteiger partial charge < -0.3 is 10.1 Å². The van der Waals surface area contributed by atoms with E-state index in [-0.39, 0.29) is 5.60 Å². The molecule has 1 aromatic carbocycles. The molecule has 1 fully saturated rings. The van der Waals surface area contributed by atoms with Crippen molar-refractivity contribution in [3.05, 3.63) is 34.3 Å². The minimum absolute atomic E-state index is 0.139. The van der Waals surface area contributed by atoms with E-state index in [0.29, 0.717) is 6.04 Å². The molecule has 1 unspecified atom stereocenters. The highest BCUT2D eigenvalue weighted by Crippen LogP contribution is 2.39. The van der Waals surface area contributed by atoms with E-state index in [4.69, 9.17) is 4.74 Å². The van der Waals surface area contributed by atoms with Gasteiger partial charge in [-0.25, -0.2) is 0 Å². The molecule has 1 saturated carbocycles. The number of halogens is 1. The maximum Gasteiger partial charge on any atom is 0.0693 e. The van der Waals surface area contributed by atoms with Crippen molar-refractivity contribution in [2.75, 3.05) is 14.2 Å². The summed E-state index contributed by atoms with van der Waals surface area (Å²) >= 11 is 3.53. The third kappa shape index (κ3) is 3.34. The average molecular weight is 312 g/mol. The van der Waals surface area contributed by atoms with E-state index >= 15 is 0 Å². The average Bonchev–Trinajstić information content (AvgIpc) is 2.32. The largest absolute Gasteiger partial charge is 0.378 e. The number of nitrogens with one attached hydrogen (secondary N) is 1. The fourth-order valence-electron chi connectivity index (χ4n) is 2.74. The van der Waals surface area contributed by atoms with Crippen LogP contribution in [0.15, 0.2) is 28.7 Å². The molecular weight excluding hydrogens is 290 g/mol. The van der Waals surface area contributed by atoms with Crippen LogP contribution in [-0.2, 0) is 11.2 Å². The third-order valence-corrected chi connectivity index (χ3v) is 4.59. The first-order valence-electron chi connectivity index (χ1n) is 6.64. The lowest BCUT2D eigenvalue weighted by atomic mass is 9.75. The molecule has 3 heteroatoms. The topological polar surface area (TPSA) is 21.3 Å². The second kappa shape index (κ2) is 6.18. The fourth-order valence-corrected chi connectivity index (χ4v) is 3.18. The van der Waals surface area contributed by atoms with Crippen molar-refractivity contribution in [3.63, 3.8) is 0 Å². The lowest BCUT2D eigenvalue weighted by molar-refractivity contribution is -0.0830. The molecule has 1 aliphatic carbocycles. The molecule has 1 aliphatic rings. The monoisotopic (exact) mass is 311 g/mol. The van der Waals surface area contributed by atoms with Crippen molar-refractivity contribution >= 4 is 15.9 Å². The maximum absolute atomic E-state index is 5.72. The molecule has 1 atom stereocenters. The Labute approximate surface area is 118 Å². The zero-order valence-electron chi connectivity index (χ0n) is 11.2. The maximum atomic E-state index is 5.72. The van der Waals surface area contributed by atoms with E-state index in [0.717, 1.165) is 17.3 Å². The van der Waals surface area contributed by atoms with E-state index in [1.54, 1.807) is 0 Å². The van der Waals surface area contributed by atoms with Crippen LogP contribution in [0.25, 0.3) is 0 Å².